The summed E-state index contributed by atoms with van der Waals surface area (Å²) in [7, 11) is 0. The van der Waals surface area contributed by atoms with Crippen LogP contribution in [0.4, 0.5) is 57.0 Å². The van der Waals surface area contributed by atoms with E-state index in [-0.39, 0.29) is 54.4 Å². The molecule has 0 spiro atoms. The Morgan fingerprint density at radius 2 is 1.07 bits per heavy atom. The third kappa shape index (κ3) is 8.80. The molecule has 0 amide bonds. The molecule has 0 unspecified atom stereocenters. The van der Waals surface area contributed by atoms with E-state index in [4.69, 9.17) is 13.2 Å². The monoisotopic (exact) mass is 1150 g/mol. The second-order valence-corrected chi connectivity index (χ2v) is 20.3. The Balaban J connectivity index is 0.00000736. The van der Waals surface area contributed by atoms with Crippen LogP contribution in [0.1, 0.15) is 66.4 Å². The van der Waals surface area contributed by atoms with E-state index in [1.54, 1.807) is 23.1 Å². The van der Waals surface area contributed by atoms with Crippen LogP contribution in [0.25, 0.3) is 44.5 Å². The van der Waals surface area contributed by atoms with Gasteiger partial charge in [-0.25, -0.2) is 4.98 Å². The summed E-state index contributed by atoms with van der Waals surface area (Å²) >= 11 is 0. The third-order valence-corrected chi connectivity index (χ3v) is 13.5. The van der Waals surface area contributed by atoms with Crippen molar-refractivity contribution < 1.29 is 34.8 Å². The number of anilines is 10. The number of rotatable bonds is 8. The summed E-state index contributed by atoms with van der Waals surface area (Å²) in [5, 5.41) is 0. The first-order valence-electron chi connectivity index (χ1n) is 29.4. The first kappa shape index (κ1) is 37.7. The molecule has 2 aliphatic rings. The van der Waals surface area contributed by atoms with Crippen molar-refractivity contribution in [3.63, 3.8) is 0 Å². The number of hydrogen-bond donors (Lipinski definition) is 0. The van der Waals surface area contributed by atoms with Crippen molar-refractivity contribution in [2.75, 3.05) is 19.6 Å². The minimum atomic E-state index is -0.565. The van der Waals surface area contributed by atoms with Gasteiger partial charge in [0.25, 0.3) is 0 Å². The number of aromatic nitrogens is 1. The predicted octanol–water partition coefficient (Wildman–Crippen LogP) is 18.6. The number of fused-ring (bicyclic) bond motifs is 6. The molecule has 74 heavy (non-hydrogen) atoms. The Hall–Kier alpha value is -7.98. The standard InChI is InChI=1S/C68H56N5.Pt/c1-67(2,3)49-36-38-59-57-29-16-17-30-58(57)60-39-37-52(45-64(60)73(63(59)43-49)65-35-20-21-40-69-65)72(51-27-14-9-15-28-51)54-42-50(68(4,5)6)41-53(44-54)70-46-71(62-34-19-18-33-61(62)70)66-55(47-23-10-7-11-24-47)31-22-32-56(66)48-25-12-8-13-26-48;/h7-43,46H,1-6H3;/q-3;/i7D,8D,10D,11D,12D,13D,23D,24D,25D,26D;. The molecule has 1 aromatic heterocycles. The van der Waals surface area contributed by atoms with Crippen LogP contribution in [0, 0.1) is 18.8 Å². The zero-order valence-electron chi connectivity index (χ0n) is 51.7. The Kier molecular flexibility index (Phi) is 9.92. The largest absolute Gasteiger partial charge is 0.493 e. The maximum atomic E-state index is 9.23. The van der Waals surface area contributed by atoms with Crippen molar-refractivity contribution in [2.24, 2.45) is 0 Å². The second kappa shape index (κ2) is 19.5. The van der Waals surface area contributed by atoms with Crippen LogP contribution in [-0.2, 0) is 31.9 Å². The fourth-order valence-electron chi connectivity index (χ4n) is 9.87. The normalized spacial score (nSPS) is 14.6. The minimum absolute atomic E-state index is 0. The van der Waals surface area contributed by atoms with Gasteiger partial charge >= 0.3 is 0 Å². The summed E-state index contributed by atoms with van der Waals surface area (Å²) in [6.45, 7) is 14.9. The summed E-state index contributed by atoms with van der Waals surface area (Å²) in [5.74, 6) is 0.729. The van der Waals surface area contributed by atoms with Gasteiger partial charge in [0.2, 0.25) is 0 Å². The maximum absolute atomic E-state index is 9.23. The van der Waals surface area contributed by atoms with Crippen LogP contribution in [0.5, 0.6) is 0 Å². The SMILES string of the molecule is [2H]c1c([2H])c([2H])c(-c2cccc(-c3c([2H])c([2H])c([2H])c([2H])c3[2H])c2N2[CH-]N(c3[c-]c(N(c4[c-]c5c(cc4)-c4ccccc4-c4ccc(C(C)(C)C)cc4N5c4ccccn4)c4ccccc4)cc(C(C)(C)C)c3)c3ccccc32)c([2H])c1[2H].[Pt]. The summed E-state index contributed by atoms with van der Waals surface area (Å²) in [4.78, 5) is 13.2. The molecular formula is C68H56N5Pt-3. The Labute approximate surface area is 465 Å². The second-order valence-electron chi connectivity index (χ2n) is 20.3. The Bertz CT molecular complexity index is 4110. The smallest absolute Gasteiger partial charge is 0.135 e. The van der Waals surface area contributed by atoms with Gasteiger partial charge in [-0.05, 0) is 75.5 Å². The molecule has 2 aliphatic heterocycles. The van der Waals surface area contributed by atoms with Gasteiger partial charge in [-0.3, -0.25) is 0 Å². The number of hydrogen-bond acceptors (Lipinski definition) is 5. The third-order valence-electron chi connectivity index (χ3n) is 13.5. The van der Waals surface area contributed by atoms with Gasteiger partial charge in [-0.2, -0.15) is 6.07 Å². The molecule has 3 heterocycles. The summed E-state index contributed by atoms with van der Waals surface area (Å²) < 4.78 is 88.9. The molecule has 0 radical (unpaired) electrons. The van der Waals surface area contributed by atoms with Crippen LogP contribution < -0.4 is 19.6 Å². The molecule has 5 nitrogen and oxygen atoms in total. The van der Waals surface area contributed by atoms with Gasteiger partial charge in [0.1, 0.15) is 5.82 Å². The molecule has 0 saturated heterocycles. The molecule has 0 N–H and O–H groups in total. The van der Waals surface area contributed by atoms with Gasteiger partial charge in [0, 0.05) is 66.7 Å². The molecule has 0 atom stereocenters. The van der Waals surface area contributed by atoms with Crippen LogP contribution >= 0.6 is 0 Å². The molecule has 366 valence electrons. The van der Waals surface area contributed by atoms with Crippen LogP contribution in [-0.4, -0.2) is 4.98 Å². The molecule has 0 aliphatic carbocycles. The molecular weight excluding hydrogens is 1080 g/mol. The number of para-hydroxylation sites is 4. The van der Waals surface area contributed by atoms with Crippen molar-refractivity contribution >= 4 is 57.0 Å². The van der Waals surface area contributed by atoms with Crippen molar-refractivity contribution in [3.05, 3.63) is 254 Å². The minimum Gasteiger partial charge on any atom is -0.493 e. The fraction of sp³-hybridized carbons (Fsp3) is 0.118. The van der Waals surface area contributed by atoms with Gasteiger partial charge in [0.15, 0.2) is 0 Å². The van der Waals surface area contributed by atoms with E-state index in [0.29, 0.717) is 22.7 Å². The Morgan fingerprint density at radius 1 is 0.486 bits per heavy atom. The summed E-state index contributed by atoms with van der Waals surface area (Å²) in [5.41, 5.74) is 12.0. The van der Waals surface area contributed by atoms with Crippen molar-refractivity contribution in [3.8, 4) is 44.5 Å². The van der Waals surface area contributed by atoms with Gasteiger partial charge in [-0.15, -0.1) is 53.8 Å². The first-order chi connectivity index (χ1) is 39.6. The molecule has 6 heteroatoms. The topological polar surface area (TPSA) is 25.9 Å². The zero-order valence-corrected chi connectivity index (χ0v) is 44.0. The van der Waals surface area contributed by atoms with Crippen LogP contribution in [0.2, 0.25) is 0 Å². The van der Waals surface area contributed by atoms with E-state index in [0.717, 1.165) is 56.4 Å². The van der Waals surface area contributed by atoms with E-state index >= 15 is 0 Å². The molecule has 10 aromatic rings. The van der Waals surface area contributed by atoms with E-state index < -0.39 is 65.8 Å². The fourth-order valence-corrected chi connectivity index (χ4v) is 9.87. The van der Waals surface area contributed by atoms with Gasteiger partial charge in [0.05, 0.1) is 19.4 Å². The number of benzene rings is 9. The molecule has 0 bridgehead atoms. The van der Waals surface area contributed by atoms with E-state index in [1.807, 2.05) is 78.4 Å². The van der Waals surface area contributed by atoms with Crippen molar-refractivity contribution in [2.45, 2.75) is 52.4 Å². The van der Waals surface area contributed by atoms with E-state index in [9.17, 15) is 5.48 Å². The summed E-state index contributed by atoms with van der Waals surface area (Å²) in [6, 6.07) is 55.0. The summed E-state index contributed by atoms with van der Waals surface area (Å²) in [6.07, 6.45) is 1.81. The number of pyridine rings is 1. The zero-order chi connectivity index (χ0) is 58.6. The van der Waals surface area contributed by atoms with Crippen molar-refractivity contribution in [1.82, 2.24) is 4.98 Å². The van der Waals surface area contributed by atoms with Crippen molar-refractivity contribution in [1.29, 1.82) is 0 Å². The number of nitrogens with zero attached hydrogens (tertiary/aromatic N) is 5. The molecule has 0 fully saturated rings. The van der Waals surface area contributed by atoms with Gasteiger partial charge in [-0.1, -0.05) is 216 Å². The molecule has 9 aromatic carbocycles. The predicted molar refractivity (Wildman–Crippen MR) is 305 cm³/mol. The molecule has 0 saturated carbocycles. The van der Waals surface area contributed by atoms with Gasteiger partial charge < -0.3 is 19.6 Å². The van der Waals surface area contributed by atoms with Crippen LogP contribution in [0.15, 0.2) is 224 Å². The maximum Gasteiger partial charge on any atom is 0.135 e. The van der Waals surface area contributed by atoms with E-state index in [2.05, 4.69) is 142 Å². The molecule has 12 rings (SSSR count). The van der Waals surface area contributed by atoms with Crippen LogP contribution in [0.3, 0.4) is 0 Å². The quantitative estimate of drug-likeness (QED) is 0.141. The van der Waals surface area contributed by atoms with E-state index in [1.165, 1.54) is 5.56 Å². The Morgan fingerprint density at radius 3 is 1.70 bits per heavy atom. The average Bonchev–Trinajstić information content (AvgIpc) is 1.69. The average molecular weight is 1150 g/mol. The first-order valence-corrected chi connectivity index (χ1v) is 24.4.